The van der Waals surface area contributed by atoms with E-state index in [4.69, 9.17) is 0 Å². The molecule has 6 heteroatoms. The van der Waals surface area contributed by atoms with E-state index in [0.717, 1.165) is 0 Å². The second-order valence-electron chi connectivity index (χ2n) is 3.79. The molecule has 0 fully saturated rings. The second kappa shape index (κ2) is 5.04. The van der Waals surface area contributed by atoms with Crippen LogP contribution in [-0.2, 0) is 6.42 Å². The lowest BCUT2D eigenvalue weighted by Gasteiger charge is -2.22. The third-order valence-corrected chi connectivity index (χ3v) is 2.45. The van der Waals surface area contributed by atoms with Crippen LogP contribution in [0.15, 0.2) is 30.8 Å². The van der Waals surface area contributed by atoms with Gasteiger partial charge in [0.2, 0.25) is 0 Å². The van der Waals surface area contributed by atoms with Gasteiger partial charge in [-0.05, 0) is 17.5 Å². The highest BCUT2D eigenvalue weighted by Crippen LogP contribution is 2.41. The average molecular weight is 268 g/mol. The number of alkyl halides is 6. The molecule has 18 heavy (non-hydrogen) atoms. The summed E-state index contributed by atoms with van der Waals surface area (Å²) in [7, 11) is 0. The summed E-state index contributed by atoms with van der Waals surface area (Å²) in [6.07, 6.45) is -10.2. The highest BCUT2D eigenvalue weighted by Gasteiger charge is 2.56. The lowest BCUT2D eigenvalue weighted by Crippen LogP contribution is -2.37. The van der Waals surface area contributed by atoms with Crippen LogP contribution in [0.1, 0.15) is 11.1 Å². The maximum absolute atomic E-state index is 12.3. The summed E-state index contributed by atoms with van der Waals surface area (Å²) >= 11 is 0. The maximum Gasteiger partial charge on any atom is 0.400 e. The fourth-order valence-electron chi connectivity index (χ4n) is 1.44. The van der Waals surface area contributed by atoms with Crippen LogP contribution in [0.4, 0.5) is 26.3 Å². The minimum Gasteiger partial charge on any atom is -0.170 e. The van der Waals surface area contributed by atoms with E-state index in [0.29, 0.717) is 5.56 Å². The van der Waals surface area contributed by atoms with Crippen LogP contribution in [-0.4, -0.2) is 12.4 Å². The number of hydrogen-bond donors (Lipinski definition) is 0. The zero-order valence-electron chi connectivity index (χ0n) is 9.15. The third-order valence-electron chi connectivity index (χ3n) is 2.45. The molecule has 0 heterocycles. The molecule has 0 nitrogen and oxygen atoms in total. The lowest BCUT2D eigenvalue weighted by molar-refractivity contribution is -0.283. The van der Waals surface area contributed by atoms with Crippen LogP contribution in [0, 0.1) is 5.92 Å². The molecule has 0 bridgehead atoms. The Morgan fingerprint density at radius 2 is 1.39 bits per heavy atom. The molecule has 0 aliphatic rings. The van der Waals surface area contributed by atoms with Crippen LogP contribution >= 0.6 is 0 Å². The topological polar surface area (TPSA) is 0 Å². The molecular weight excluding hydrogens is 258 g/mol. The van der Waals surface area contributed by atoms with Gasteiger partial charge < -0.3 is 0 Å². The molecule has 1 rings (SSSR count). The smallest absolute Gasteiger partial charge is 0.170 e. The summed E-state index contributed by atoms with van der Waals surface area (Å²) in [5.74, 6) is -3.33. The van der Waals surface area contributed by atoms with Gasteiger partial charge in [-0.1, -0.05) is 36.9 Å². The molecule has 0 unspecified atom stereocenters. The van der Waals surface area contributed by atoms with E-state index in [1.807, 2.05) is 0 Å². The van der Waals surface area contributed by atoms with E-state index in [1.165, 1.54) is 30.3 Å². The number of halogens is 6. The van der Waals surface area contributed by atoms with Gasteiger partial charge in [-0.15, -0.1) is 0 Å². The highest BCUT2D eigenvalue weighted by molar-refractivity contribution is 5.47. The van der Waals surface area contributed by atoms with Gasteiger partial charge in [0.25, 0.3) is 0 Å². The summed E-state index contributed by atoms with van der Waals surface area (Å²) < 4.78 is 73.9. The van der Waals surface area contributed by atoms with Crippen molar-refractivity contribution in [2.24, 2.45) is 5.92 Å². The van der Waals surface area contributed by atoms with Crippen molar-refractivity contribution in [3.63, 3.8) is 0 Å². The van der Waals surface area contributed by atoms with E-state index in [2.05, 4.69) is 6.58 Å². The number of hydrogen-bond acceptors (Lipinski definition) is 0. The van der Waals surface area contributed by atoms with Crippen molar-refractivity contribution >= 4 is 6.08 Å². The summed E-state index contributed by atoms with van der Waals surface area (Å²) in [6.45, 7) is 3.44. The summed E-state index contributed by atoms with van der Waals surface area (Å²) in [4.78, 5) is 0. The molecule has 0 radical (unpaired) electrons. The molecule has 0 saturated heterocycles. The Bertz CT molecular complexity index is 384. The van der Waals surface area contributed by atoms with Crippen molar-refractivity contribution < 1.29 is 26.3 Å². The SMILES string of the molecule is C=Cc1ccc(CC(C(F)(F)F)C(F)(F)F)cc1. The molecule has 0 saturated carbocycles. The Balaban J connectivity index is 2.93. The fourth-order valence-corrected chi connectivity index (χ4v) is 1.44. The van der Waals surface area contributed by atoms with E-state index in [9.17, 15) is 26.3 Å². The molecule has 0 aromatic heterocycles. The van der Waals surface area contributed by atoms with E-state index in [-0.39, 0.29) is 5.56 Å². The number of benzene rings is 1. The number of rotatable bonds is 3. The molecule has 0 spiro atoms. The average Bonchev–Trinajstić information content (AvgIpc) is 2.23. The van der Waals surface area contributed by atoms with Crippen molar-refractivity contribution in [2.75, 3.05) is 0 Å². The van der Waals surface area contributed by atoms with Gasteiger partial charge >= 0.3 is 12.4 Å². The van der Waals surface area contributed by atoms with Gasteiger partial charge in [0.15, 0.2) is 5.92 Å². The summed E-state index contributed by atoms with van der Waals surface area (Å²) in [5.41, 5.74) is 0.620. The van der Waals surface area contributed by atoms with Crippen LogP contribution in [0.3, 0.4) is 0 Å². The first kappa shape index (κ1) is 14.6. The van der Waals surface area contributed by atoms with Crippen molar-refractivity contribution in [3.8, 4) is 0 Å². The lowest BCUT2D eigenvalue weighted by atomic mass is 9.97. The fraction of sp³-hybridized carbons (Fsp3) is 0.333. The molecule has 0 atom stereocenters. The van der Waals surface area contributed by atoms with Gasteiger partial charge in [-0.25, -0.2) is 0 Å². The van der Waals surface area contributed by atoms with Gasteiger partial charge in [-0.2, -0.15) is 26.3 Å². The van der Waals surface area contributed by atoms with Crippen molar-refractivity contribution in [1.29, 1.82) is 0 Å². The third kappa shape index (κ3) is 3.78. The van der Waals surface area contributed by atoms with Crippen LogP contribution in [0.25, 0.3) is 6.08 Å². The van der Waals surface area contributed by atoms with Gasteiger partial charge in [0.1, 0.15) is 0 Å². The molecule has 1 aromatic carbocycles. The molecule has 0 N–H and O–H groups in total. The Labute approximate surface area is 99.9 Å². The Kier molecular flexibility index (Phi) is 4.09. The van der Waals surface area contributed by atoms with Gasteiger partial charge in [0.05, 0.1) is 0 Å². The van der Waals surface area contributed by atoms with E-state index in [1.54, 1.807) is 0 Å². The second-order valence-corrected chi connectivity index (χ2v) is 3.79. The first-order valence-corrected chi connectivity index (χ1v) is 4.99. The van der Waals surface area contributed by atoms with Crippen molar-refractivity contribution in [3.05, 3.63) is 42.0 Å². The Hall–Kier alpha value is -1.46. The van der Waals surface area contributed by atoms with E-state index < -0.39 is 24.7 Å². The molecule has 100 valence electrons. The van der Waals surface area contributed by atoms with Gasteiger partial charge in [0, 0.05) is 0 Å². The molecule has 0 amide bonds. The molecule has 1 aromatic rings. The molecule has 0 aliphatic carbocycles. The summed E-state index contributed by atoms with van der Waals surface area (Å²) in [6, 6.07) is 5.32. The van der Waals surface area contributed by atoms with E-state index >= 15 is 0 Å². The zero-order valence-corrected chi connectivity index (χ0v) is 9.15. The zero-order chi connectivity index (χ0) is 14.0. The minimum absolute atomic E-state index is 0.0137. The van der Waals surface area contributed by atoms with Crippen LogP contribution in [0.5, 0.6) is 0 Å². The largest absolute Gasteiger partial charge is 0.400 e. The minimum atomic E-state index is -5.30. The quantitative estimate of drug-likeness (QED) is 0.702. The maximum atomic E-state index is 12.3. The Morgan fingerprint density at radius 1 is 0.944 bits per heavy atom. The molecule has 0 aliphatic heterocycles. The highest BCUT2D eigenvalue weighted by atomic mass is 19.4. The predicted octanol–water partition coefficient (Wildman–Crippen LogP) is 4.61. The standard InChI is InChI=1S/C12H10F6/c1-2-8-3-5-9(6-4-8)7-10(11(13,14)15)12(16,17)18/h2-6,10H,1,7H2. The van der Waals surface area contributed by atoms with Crippen molar-refractivity contribution in [1.82, 2.24) is 0 Å². The monoisotopic (exact) mass is 268 g/mol. The molecular formula is C12H10F6. The predicted molar refractivity (Wildman–Crippen MR) is 55.8 cm³/mol. The van der Waals surface area contributed by atoms with Crippen LogP contribution in [0.2, 0.25) is 0 Å². The normalized spacial score (nSPS) is 12.8. The first-order valence-electron chi connectivity index (χ1n) is 4.99. The first-order chi connectivity index (χ1) is 8.14. The van der Waals surface area contributed by atoms with Crippen molar-refractivity contribution in [2.45, 2.75) is 18.8 Å². The Morgan fingerprint density at radius 3 is 1.72 bits per heavy atom. The van der Waals surface area contributed by atoms with Gasteiger partial charge in [-0.3, -0.25) is 0 Å². The van der Waals surface area contributed by atoms with Crippen LogP contribution < -0.4 is 0 Å². The summed E-state index contributed by atoms with van der Waals surface area (Å²) in [5, 5.41) is 0.